The van der Waals surface area contributed by atoms with Crippen LogP contribution in [0.2, 0.25) is 0 Å². The first kappa shape index (κ1) is 23.3. The van der Waals surface area contributed by atoms with Gasteiger partial charge in [0.25, 0.3) is 11.8 Å². The van der Waals surface area contributed by atoms with Crippen molar-refractivity contribution in [2.75, 3.05) is 11.9 Å². The number of esters is 1. The predicted molar refractivity (Wildman–Crippen MR) is 131 cm³/mol. The molecule has 2 aromatic rings. The number of hydrogen-bond acceptors (Lipinski definition) is 7. The standard InChI is InChI=1S/C28H24N2O6/c1-29-22-8-4-2-6-20(22)27(21-7-3-5-9-23(21)29)28(34)35-19-13-10-18(11-14-19)12-17-26(33)36-30-24(31)15-16-25(30)32/h2-6,8-11,13-14H,7,12,15-17H2,1H3. The average molecular weight is 485 g/mol. The zero-order chi connectivity index (χ0) is 25.2. The van der Waals surface area contributed by atoms with E-state index in [1.165, 1.54) is 0 Å². The Morgan fingerprint density at radius 2 is 1.69 bits per heavy atom. The van der Waals surface area contributed by atoms with Gasteiger partial charge in [0.15, 0.2) is 0 Å². The summed E-state index contributed by atoms with van der Waals surface area (Å²) in [6.07, 6.45) is 7.10. The number of likely N-dealkylation sites (N-methyl/N-ethyl adjacent to an activating group) is 1. The number of para-hydroxylation sites is 1. The van der Waals surface area contributed by atoms with Gasteiger partial charge >= 0.3 is 11.9 Å². The summed E-state index contributed by atoms with van der Waals surface area (Å²) in [4.78, 5) is 55.5. The van der Waals surface area contributed by atoms with Crippen molar-refractivity contribution in [2.45, 2.75) is 32.1 Å². The first-order chi connectivity index (χ1) is 17.4. The number of carbonyl (C=O) groups is 4. The molecule has 36 heavy (non-hydrogen) atoms. The maximum atomic E-state index is 13.3. The molecule has 2 amide bonds. The van der Waals surface area contributed by atoms with E-state index in [-0.39, 0.29) is 19.3 Å². The Hall–Kier alpha value is -4.46. The summed E-state index contributed by atoms with van der Waals surface area (Å²) in [6, 6.07) is 14.6. The lowest BCUT2D eigenvalue weighted by Gasteiger charge is -2.34. The molecular formula is C28H24N2O6. The second kappa shape index (κ2) is 9.65. The third-order valence-electron chi connectivity index (χ3n) is 6.37. The number of rotatable bonds is 6. The van der Waals surface area contributed by atoms with Crippen LogP contribution in [0.5, 0.6) is 5.75 Å². The molecule has 5 rings (SSSR count). The van der Waals surface area contributed by atoms with Gasteiger partial charge in [0.05, 0.1) is 12.0 Å². The van der Waals surface area contributed by atoms with Crippen molar-refractivity contribution in [1.82, 2.24) is 5.06 Å². The molecule has 2 aliphatic heterocycles. The quantitative estimate of drug-likeness (QED) is 0.349. The molecule has 0 aromatic heterocycles. The van der Waals surface area contributed by atoms with Crippen LogP contribution < -0.4 is 9.64 Å². The Bertz CT molecular complexity index is 1340. The zero-order valence-electron chi connectivity index (χ0n) is 19.7. The maximum absolute atomic E-state index is 13.3. The van der Waals surface area contributed by atoms with Crippen molar-refractivity contribution in [3.63, 3.8) is 0 Å². The van der Waals surface area contributed by atoms with Gasteiger partial charge in [-0.25, -0.2) is 9.59 Å². The number of carbonyl (C=O) groups excluding carboxylic acids is 4. The average Bonchev–Trinajstić information content (AvgIpc) is 3.20. The third-order valence-corrected chi connectivity index (χ3v) is 6.37. The van der Waals surface area contributed by atoms with Gasteiger partial charge in [0, 0.05) is 36.8 Å². The number of allylic oxidation sites excluding steroid dienone is 4. The Morgan fingerprint density at radius 3 is 2.44 bits per heavy atom. The van der Waals surface area contributed by atoms with Crippen LogP contribution in [0.25, 0.3) is 5.57 Å². The number of anilines is 1. The van der Waals surface area contributed by atoms with Gasteiger partial charge in [0.2, 0.25) is 0 Å². The largest absolute Gasteiger partial charge is 0.423 e. The van der Waals surface area contributed by atoms with E-state index in [2.05, 4.69) is 4.90 Å². The van der Waals surface area contributed by atoms with Gasteiger partial charge in [-0.3, -0.25) is 9.59 Å². The lowest BCUT2D eigenvalue weighted by Crippen LogP contribution is -2.32. The second-order valence-electron chi connectivity index (χ2n) is 8.69. The van der Waals surface area contributed by atoms with Gasteiger partial charge in [-0.1, -0.05) is 42.5 Å². The number of hydrogen-bond donors (Lipinski definition) is 0. The number of imide groups is 1. The van der Waals surface area contributed by atoms with Crippen molar-refractivity contribution >= 4 is 35.0 Å². The van der Waals surface area contributed by atoms with E-state index < -0.39 is 23.8 Å². The Labute approximate surface area is 208 Å². The van der Waals surface area contributed by atoms with Gasteiger partial charge in [0.1, 0.15) is 5.75 Å². The van der Waals surface area contributed by atoms with Gasteiger partial charge in [-0.05, 0) is 48.3 Å². The third kappa shape index (κ3) is 4.45. The number of aryl methyl sites for hydroxylation is 1. The lowest BCUT2D eigenvalue weighted by atomic mass is 9.87. The summed E-state index contributed by atoms with van der Waals surface area (Å²) < 4.78 is 5.75. The van der Waals surface area contributed by atoms with Gasteiger partial charge in [-0.15, -0.1) is 5.06 Å². The fourth-order valence-corrected chi connectivity index (χ4v) is 4.53. The summed E-state index contributed by atoms with van der Waals surface area (Å²) in [6.45, 7) is 0. The number of hydroxylamine groups is 2. The lowest BCUT2D eigenvalue weighted by molar-refractivity contribution is -0.197. The van der Waals surface area contributed by atoms with Gasteiger partial charge in [-0.2, -0.15) is 0 Å². The van der Waals surface area contributed by atoms with Crippen LogP contribution in [0, 0.1) is 0 Å². The molecule has 0 saturated carbocycles. The molecule has 1 fully saturated rings. The summed E-state index contributed by atoms with van der Waals surface area (Å²) in [5, 5.41) is 0.546. The topological polar surface area (TPSA) is 93.2 Å². The fourth-order valence-electron chi connectivity index (χ4n) is 4.53. The highest BCUT2D eigenvalue weighted by Gasteiger charge is 2.33. The molecule has 0 bridgehead atoms. The van der Waals surface area contributed by atoms with Gasteiger partial charge < -0.3 is 14.5 Å². The zero-order valence-corrected chi connectivity index (χ0v) is 19.7. The molecular weight excluding hydrogens is 460 g/mol. The highest BCUT2D eigenvalue weighted by atomic mass is 16.7. The van der Waals surface area contributed by atoms with E-state index in [4.69, 9.17) is 9.57 Å². The van der Waals surface area contributed by atoms with E-state index in [1.54, 1.807) is 24.3 Å². The minimum atomic E-state index is -0.658. The van der Waals surface area contributed by atoms with E-state index >= 15 is 0 Å². The van der Waals surface area contributed by atoms with Crippen molar-refractivity contribution in [2.24, 2.45) is 0 Å². The maximum Gasteiger partial charge on any atom is 0.344 e. The molecule has 8 heteroatoms. The minimum absolute atomic E-state index is 0.000624. The number of benzene rings is 2. The molecule has 2 aromatic carbocycles. The molecule has 0 radical (unpaired) electrons. The van der Waals surface area contributed by atoms with Crippen molar-refractivity contribution < 1.29 is 28.8 Å². The van der Waals surface area contributed by atoms with Crippen LogP contribution in [0.15, 0.2) is 78.0 Å². The molecule has 8 nitrogen and oxygen atoms in total. The fraction of sp³-hybridized carbons (Fsp3) is 0.214. The molecule has 1 aliphatic carbocycles. The SMILES string of the molecule is CN1C2=CC=CCC2=C(C(=O)Oc2ccc(CCC(=O)ON3C(=O)CCC3=O)cc2)c2ccccc21. The molecule has 182 valence electrons. The van der Waals surface area contributed by atoms with Crippen molar-refractivity contribution in [1.29, 1.82) is 0 Å². The molecule has 0 unspecified atom stereocenters. The number of amides is 2. The van der Waals surface area contributed by atoms with E-state index in [0.29, 0.717) is 29.2 Å². The minimum Gasteiger partial charge on any atom is -0.423 e. The Morgan fingerprint density at radius 1 is 0.972 bits per heavy atom. The van der Waals surface area contributed by atoms with E-state index in [1.807, 2.05) is 49.5 Å². The summed E-state index contributed by atoms with van der Waals surface area (Å²) in [7, 11) is 1.99. The highest BCUT2D eigenvalue weighted by molar-refractivity contribution is 6.22. The van der Waals surface area contributed by atoms with Crippen LogP contribution in [-0.2, 0) is 30.4 Å². The van der Waals surface area contributed by atoms with Crippen molar-refractivity contribution in [3.8, 4) is 5.75 Å². The van der Waals surface area contributed by atoms with E-state index in [9.17, 15) is 19.2 Å². The summed E-state index contributed by atoms with van der Waals surface area (Å²) in [5.41, 5.74) is 5.04. The van der Waals surface area contributed by atoms with Crippen LogP contribution in [0.3, 0.4) is 0 Å². The van der Waals surface area contributed by atoms with Crippen LogP contribution in [-0.4, -0.2) is 35.9 Å². The Balaban J connectivity index is 1.26. The number of fused-ring (bicyclic) bond motifs is 2. The van der Waals surface area contributed by atoms with Crippen LogP contribution >= 0.6 is 0 Å². The second-order valence-corrected chi connectivity index (χ2v) is 8.69. The monoisotopic (exact) mass is 484 g/mol. The molecule has 0 atom stereocenters. The predicted octanol–water partition coefficient (Wildman–Crippen LogP) is 3.88. The first-order valence-corrected chi connectivity index (χ1v) is 11.7. The van der Waals surface area contributed by atoms with Crippen LogP contribution in [0.1, 0.15) is 36.8 Å². The molecule has 0 spiro atoms. The smallest absolute Gasteiger partial charge is 0.344 e. The molecule has 2 heterocycles. The molecule has 3 aliphatic rings. The molecule has 0 N–H and O–H groups in total. The highest BCUT2D eigenvalue weighted by Crippen LogP contribution is 2.42. The summed E-state index contributed by atoms with van der Waals surface area (Å²) in [5.74, 6) is -1.71. The van der Waals surface area contributed by atoms with Crippen LogP contribution in [0.4, 0.5) is 5.69 Å². The number of nitrogens with zero attached hydrogens (tertiary/aromatic N) is 2. The normalized spacial score (nSPS) is 16.5. The molecule has 1 saturated heterocycles. The Kier molecular flexibility index (Phi) is 6.25. The van der Waals surface area contributed by atoms with E-state index in [0.717, 1.165) is 28.1 Å². The van der Waals surface area contributed by atoms with Crippen molar-refractivity contribution in [3.05, 3.63) is 89.2 Å². The summed E-state index contributed by atoms with van der Waals surface area (Å²) >= 11 is 0. The first-order valence-electron chi connectivity index (χ1n) is 11.7. The number of ether oxygens (including phenoxy) is 1.